The molecule has 1 aromatic rings. The van der Waals surface area contributed by atoms with Crippen molar-refractivity contribution >= 4 is 17.7 Å². The molecule has 1 N–H and O–H groups in total. The van der Waals surface area contributed by atoms with Crippen LogP contribution < -0.4 is 0 Å². The average Bonchev–Trinajstić information content (AvgIpc) is 2.82. The Labute approximate surface area is 117 Å². The van der Waals surface area contributed by atoms with E-state index in [0.29, 0.717) is 5.16 Å². The Morgan fingerprint density at radius 1 is 1.47 bits per heavy atom. The SMILES string of the molecule is CCC(Sc1n[nH]c(C)n1)C(=O)OC1CCCCC1. The van der Waals surface area contributed by atoms with Gasteiger partial charge in [-0.1, -0.05) is 25.1 Å². The summed E-state index contributed by atoms with van der Waals surface area (Å²) in [4.78, 5) is 16.4. The Kier molecular flexibility index (Phi) is 5.24. The van der Waals surface area contributed by atoms with Gasteiger partial charge in [0, 0.05) is 0 Å². The summed E-state index contributed by atoms with van der Waals surface area (Å²) in [5.41, 5.74) is 0. The average molecular weight is 283 g/mol. The predicted molar refractivity (Wildman–Crippen MR) is 74.0 cm³/mol. The van der Waals surface area contributed by atoms with Crippen molar-refractivity contribution in [1.82, 2.24) is 15.2 Å². The van der Waals surface area contributed by atoms with Crippen LogP contribution in [0.1, 0.15) is 51.3 Å². The number of H-pyrrole nitrogens is 1. The summed E-state index contributed by atoms with van der Waals surface area (Å²) in [5.74, 6) is 0.639. The van der Waals surface area contributed by atoms with Crippen molar-refractivity contribution in [2.24, 2.45) is 0 Å². The van der Waals surface area contributed by atoms with Crippen molar-refractivity contribution in [1.29, 1.82) is 0 Å². The molecule has 0 spiro atoms. The zero-order valence-corrected chi connectivity index (χ0v) is 12.3. The summed E-state index contributed by atoms with van der Waals surface area (Å²) in [6.07, 6.45) is 6.45. The second-order valence-electron chi connectivity index (χ2n) is 4.92. The van der Waals surface area contributed by atoms with Gasteiger partial charge in [0.2, 0.25) is 5.16 Å². The van der Waals surface area contributed by atoms with Gasteiger partial charge in [0.15, 0.2) is 0 Å². The summed E-state index contributed by atoms with van der Waals surface area (Å²) in [6, 6.07) is 0. The molecule has 1 atom stereocenters. The minimum absolute atomic E-state index is 0.116. The molecule has 106 valence electrons. The van der Waals surface area contributed by atoms with Crippen LogP contribution in [0.5, 0.6) is 0 Å². The lowest BCUT2D eigenvalue weighted by Crippen LogP contribution is -2.27. The fourth-order valence-corrected chi connectivity index (χ4v) is 3.08. The number of hydrogen-bond acceptors (Lipinski definition) is 5. The second-order valence-corrected chi connectivity index (χ2v) is 6.08. The first kappa shape index (κ1) is 14.4. The van der Waals surface area contributed by atoms with E-state index in [0.717, 1.165) is 25.1 Å². The van der Waals surface area contributed by atoms with Gasteiger partial charge < -0.3 is 4.74 Å². The number of thioether (sulfide) groups is 1. The number of esters is 1. The smallest absolute Gasteiger partial charge is 0.319 e. The number of nitrogens with zero attached hydrogens (tertiary/aromatic N) is 2. The molecule has 1 aromatic heterocycles. The second kappa shape index (κ2) is 6.93. The van der Waals surface area contributed by atoms with E-state index in [4.69, 9.17) is 4.74 Å². The monoisotopic (exact) mass is 283 g/mol. The highest BCUT2D eigenvalue weighted by molar-refractivity contribution is 8.00. The van der Waals surface area contributed by atoms with Gasteiger partial charge >= 0.3 is 5.97 Å². The molecule has 5 nitrogen and oxygen atoms in total. The van der Waals surface area contributed by atoms with Crippen LogP contribution in [0.25, 0.3) is 0 Å². The molecule has 1 fully saturated rings. The van der Waals surface area contributed by atoms with E-state index in [2.05, 4.69) is 15.2 Å². The maximum atomic E-state index is 12.1. The molecule has 0 aliphatic heterocycles. The van der Waals surface area contributed by atoms with Crippen LogP contribution in [-0.4, -0.2) is 32.5 Å². The molecule has 0 amide bonds. The van der Waals surface area contributed by atoms with Crippen LogP contribution in [0, 0.1) is 6.92 Å². The maximum absolute atomic E-state index is 12.1. The topological polar surface area (TPSA) is 67.9 Å². The maximum Gasteiger partial charge on any atom is 0.319 e. The summed E-state index contributed by atoms with van der Waals surface area (Å²) in [6.45, 7) is 3.83. The fourth-order valence-electron chi connectivity index (χ4n) is 2.22. The number of hydrogen-bond donors (Lipinski definition) is 1. The lowest BCUT2D eigenvalue weighted by molar-refractivity contribution is -0.149. The van der Waals surface area contributed by atoms with Gasteiger partial charge in [-0.2, -0.15) is 0 Å². The molecule has 1 aliphatic carbocycles. The van der Waals surface area contributed by atoms with E-state index < -0.39 is 0 Å². The Morgan fingerprint density at radius 3 is 2.79 bits per heavy atom. The number of ether oxygens (including phenoxy) is 1. The molecule has 0 bridgehead atoms. The van der Waals surface area contributed by atoms with E-state index in [9.17, 15) is 4.79 Å². The largest absolute Gasteiger partial charge is 0.462 e. The van der Waals surface area contributed by atoms with E-state index in [-0.39, 0.29) is 17.3 Å². The lowest BCUT2D eigenvalue weighted by Gasteiger charge is -2.23. The van der Waals surface area contributed by atoms with E-state index in [1.165, 1.54) is 31.0 Å². The van der Waals surface area contributed by atoms with Gasteiger partial charge in [0.25, 0.3) is 0 Å². The van der Waals surface area contributed by atoms with Crippen LogP contribution in [-0.2, 0) is 9.53 Å². The van der Waals surface area contributed by atoms with Crippen molar-refractivity contribution in [2.75, 3.05) is 0 Å². The number of carbonyl (C=O) groups is 1. The van der Waals surface area contributed by atoms with Gasteiger partial charge in [-0.15, -0.1) is 5.10 Å². The zero-order valence-electron chi connectivity index (χ0n) is 11.5. The third-order valence-electron chi connectivity index (χ3n) is 3.29. The number of nitrogens with one attached hydrogen (secondary N) is 1. The highest BCUT2D eigenvalue weighted by Crippen LogP contribution is 2.26. The van der Waals surface area contributed by atoms with Gasteiger partial charge in [0.1, 0.15) is 17.2 Å². The lowest BCUT2D eigenvalue weighted by atomic mass is 9.98. The van der Waals surface area contributed by atoms with E-state index in [1.807, 2.05) is 13.8 Å². The Hall–Kier alpha value is -1.04. The van der Waals surface area contributed by atoms with Crippen molar-refractivity contribution in [3.8, 4) is 0 Å². The molecule has 1 unspecified atom stereocenters. The molecular weight excluding hydrogens is 262 g/mol. The first-order chi connectivity index (χ1) is 9.19. The molecule has 0 aromatic carbocycles. The number of carbonyl (C=O) groups excluding carboxylic acids is 1. The summed E-state index contributed by atoms with van der Waals surface area (Å²) < 4.78 is 5.60. The minimum Gasteiger partial charge on any atom is -0.462 e. The van der Waals surface area contributed by atoms with E-state index >= 15 is 0 Å². The van der Waals surface area contributed by atoms with Crippen LogP contribution >= 0.6 is 11.8 Å². The highest BCUT2D eigenvalue weighted by atomic mass is 32.2. The van der Waals surface area contributed by atoms with Crippen LogP contribution in [0.2, 0.25) is 0 Å². The molecule has 0 saturated heterocycles. The highest BCUT2D eigenvalue weighted by Gasteiger charge is 2.25. The predicted octanol–water partition coefficient (Wildman–Crippen LogP) is 2.86. The van der Waals surface area contributed by atoms with Crippen molar-refractivity contribution < 1.29 is 9.53 Å². The molecule has 19 heavy (non-hydrogen) atoms. The molecule has 1 heterocycles. The summed E-state index contributed by atoms with van der Waals surface area (Å²) >= 11 is 1.38. The van der Waals surface area contributed by atoms with Crippen LogP contribution in [0.15, 0.2) is 5.16 Å². The first-order valence-corrected chi connectivity index (χ1v) is 7.83. The van der Waals surface area contributed by atoms with Gasteiger partial charge in [-0.3, -0.25) is 9.89 Å². The molecule has 1 saturated carbocycles. The number of aromatic nitrogens is 3. The summed E-state index contributed by atoms with van der Waals surface area (Å²) in [7, 11) is 0. The van der Waals surface area contributed by atoms with Crippen molar-refractivity contribution in [2.45, 2.75) is 68.9 Å². The number of rotatable bonds is 5. The Bertz CT molecular complexity index is 416. The van der Waals surface area contributed by atoms with Gasteiger partial charge in [-0.25, -0.2) is 4.98 Å². The van der Waals surface area contributed by atoms with Gasteiger partial charge in [0.05, 0.1) is 0 Å². The van der Waals surface area contributed by atoms with Crippen LogP contribution in [0.4, 0.5) is 0 Å². The third kappa shape index (κ3) is 4.23. The Balaban J connectivity index is 1.87. The Morgan fingerprint density at radius 2 is 2.21 bits per heavy atom. The summed E-state index contributed by atoms with van der Waals surface area (Å²) in [5, 5.41) is 7.24. The first-order valence-electron chi connectivity index (χ1n) is 6.95. The number of aromatic amines is 1. The molecule has 1 aliphatic rings. The fraction of sp³-hybridized carbons (Fsp3) is 0.769. The standard InChI is InChI=1S/C13H21N3O2S/c1-3-11(19-13-14-9(2)15-16-13)12(17)18-10-7-5-4-6-8-10/h10-11H,3-8H2,1-2H3,(H,14,15,16). The van der Waals surface area contributed by atoms with Crippen molar-refractivity contribution in [3.05, 3.63) is 5.82 Å². The third-order valence-corrected chi connectivity index (χ3v) is 4.50. The van der Waals surface area contributed by atoms with Crippen LogP contribution in [0.3, 0.4) is 0 Å². The molecule has 6 heteroatoms. The normalized spacial score (nSPS) is 18.2. The molecule has 2 rings (SSSR count). The number of aryl methyl sites for hydroxylation is 1. The quantitative estimate of drug-likeness (QED) is 0.665. The minimum atomic E-state index is -0.211. The van der Waals surface area contributed by atoms with E-state index in [1.54, 1.807) is 0 Å². The molecule has 0 radical (unpaired) electrons. The zero-order chi connectivity index (χ0) is 13.7. The van der Waals surface area contributed by atoms with Gasteiger partial charge in [-0.05, 0) is 39.0 Å². The molecular formula is C13H21N3O2S. The van der Waals surface area contributed by atoms with Crippen molar-refractivity contribution in [3.63, 3.8) is 0 Å².